The third-order valence-corrected chi connectivity index (χ3v) is 6.38. The van der Waals surface area contributed by atoms with Crippen molar-refractivity contribution in [3.63, 3.8) is 0 Å². The molecule has 30 heavy (non-hydrogen) atoms. The molecule has 2 aromatic carbocycles. The maximum Gasteiger partial charge on any atom is 0.254 e. The summed E-state index contributed by atoms with van der Waals surface area (Å²) in [5.41, 5.74) is 3.32. The second kappa shape index (κ2) is 8.44. The van der Waals surface area contributed by atoms with Crippen LogP contribution < -0.4 is 5.32 Å². The number of amides is 2. The largest absolute Gasteiger partial charge is 0.329 e. The fourth-order valence-corrected chi connectivity index (χ4v) is 4.98. The number of nitrogens with zero attached hydrogens (tertiary/aromatic N) is 1. The van der Waals surface area contributed by atoms with E-state index in [4.69, 9.17) is 0 Å². The van der Waals surface area contributed by atoms with Crippen molar-refractivity contribution >= 4 is 28.8 Å². The minimum Gasteiger partial charge on any atom is -0.329 e. The number of carbonyl (C=O) groups excluding carboxylic acids is 2. The maximum absolute atomic E-state index is 13.6. The Labute approximate surface area is 181 Å². The van der Waals surface area contributed by atoms with Crippen molar-refractivity contribution in [1.82, 2.24) is 4.90 Å². The van der Waals surface area contributed by atoms with Crippen molar-refractivity contribution in [1.29, 1.82) is 0 Å². The molecule has 3 aromatic rings. The molecule has 154 valence electrons. The van der Waals surface area contributed by atoms with Gasteiger partial charge in [-0.2, -0.15) is 0 Å². The van der Waals surface area contributed by atoms with Gasteiger partial charge in [0.1, 0.15) is 0 Å². The second-order valence-electron chi connectivity index (χ2n) is 8.23. The molecule has 4 rings (SSSR count). The topological polar surface area (TPSA) is 49.4 Å². The Hall–Kier alpha value is -2.92. The number of benzene rings is 2. The fourth-order valence-electron chi connectivity index (χ4n) is 4.10. The highest BCUT2D eigenvalue weighted by Gasteiger charge is 2.44. The lowest BCUT2D eigenvalue weighted by Crippen LogP contribution is -2.47. The van der Waals surface area contributed by atoms with Crippen molar-refractivity contribution in [2.45, 2.75) is 32.7 Å². The summed E-state index contributed by atoms with van der Waals surface area (Å²) in [5, 5.41) is 5.09. The van der Waals surface area contributed by atoms with E-state index >= 15 is 0 Å². The van der Waals surface area contributed by atoms with Gasteiger partial charge in [0.05, 0.1) is 12.0 Å². The SMILES string of the molecule is Cc1ccc(NC(=O)[C@@H]2c3ccccc3C(=O)N(CC(C)C)[C@@H]2c2cccs2)cc1. The van der Waals surface area contributed by atoms with Gasteiger partial charge in [0.15, 0.2) is 0 Å². The molecule has 4 nitrogen and oxygen atoms in total. The molecule has 0 aliphatic carbocycles. The number of fused-ring (bicyclic) bond motifs is 1. The third-order valence-electron chi connectivity index (χ3n) is 5.44. The average Bonchev–Trinajstić information content (AvgIpc) is 3.25. The van der Waals surface area contributed by atoms with Crippen molar-refractivity contribution in [2.75, 3.05) is 11.9 Å². The molecule has 0 fully saturated rings. The first kappa shape index (κ1) is 20.4. The van der Waals surface area contributed by atoms with Crippen LogP contribution in [0, 0.1) is 12.8 Å². The van der Waals surface area contributed by atoms with Crippen LogP contribution >= 0.6 is 11.3 Å². The zero-order valence-electron chi connectivity index (χ0n) is 17.5. The standard InChI is InChI=1S/C25H26N2O2S/c1-16(2)15-27-23(21-9-6-14-30-21)22(19-7-4-5-8-20(19)25(27)29)24(28)26-18-12-10-17(3)11-13-18/h4-14,16,22-23H,15H2,1-3H3,(H,26,28)/t22-,23-/m1/s1. The molecule has 2 heterocycles. The van der Waals surface area contributed by atoms with E-state index in [0.29, 0.717) is 18.0 Å². The summed E-state index contributed by atoms with van der Waals surface area (Å²) in [5.74, 6) is -0.275. The molecule has 0 spiro atoms. The number of anilines is 1. The molecule has 5 heteroatoms. The summed E-state index contributed by atoms with van der Waals surface area (Å²) in [6, 6.07) is 19.0. The predicted octanol–water partition coefficient (Wildman–Crippen LogP) is 5.63. The number of carbonyl (C=O) groups is 2. The van der Waals surface area contributed by atoms with Crippen LogP contribution in [0.2, 0.25) is 0 Å². The van der Waals surface area contributed by atoms with Gasteiger partial charge in [-0.15, -0.1) is 11.3 Å². The van der Waals surface area contributed by atoms with Crippen LogP contribution in [0.25, 0.3) is 0 Å². The highest BCUT2D eigenvalue weighted by molar-refractivity contribution is 7.10. The van der Waals surface area contributed by atoms with Crippen LogP contribution in [0.5, 0.6) is 0 Å². The summed E-state index contributed by atoms with van der Waals surface area (Å²) in [6.07, 6.45) is 0. The lowest BCUT2D eigenvalue weighted by molar-refractivity contribution is -0.119. The van der Waals surface area contributed by atoms with Gasteiger partial charge in [0.2, 0.25) is 5.91 Å². The number of nitrogens with one attached hydrogen (secondary N) is 1. The molecule has 2 amide bonds. The molecular weight excluding hydrogens is 392 g/mol. The number of aryl methyl sites for hydroxylation is 1. The molecule has 0 saturated carbocycles. The van der Waals surface area contributed by atoms with E-state index in [2.05, 4.69) is 19.2 Å². The monoisotopic (exact) mass is 418 g/mol. The zero-order valence-corrected chi connectivity index (χ0v) is 18.3. The minimum absolute atomic E-state index is 0.00270. The summed E-state index contributed by atoms with van der Waals surface area (Å²) in [7, 11) is 0. The Balaban J connectivity index is 1.80. The van der Waals surface area contributed by atoms with Gasteiger partial charge in [-0.3, -0.25) is 9.59 Å². The van der Waals surface area contributed by atoms with E-state index in [1.165, 1.54) is 0 Å². The molecule has 2 atom stereocenters. The average molecular weight is 419 g/mol. The maximum atomic E-state index is 13.6. The molecule has 0 unspecified atom stereocenters. The number of hydrogen-bond acceptors (Lipinski definition) is 3. The molecular formula is C25H26N2O2S. The highest BCUT2D eigenvalue weighted by Crippen LogP contribution is 2.44. The van der Waals surface area contributed by atoms with Gasteiger partial charge in [-0.1, -0.05) is 55.8 Å². The van der Waals surface area contributed by atoms with Crippen molar-refractivity contribution in [3.05, 3.63) is 87.6 Å². The Bertz CT molecular complexity index is 1040. The van der Waals surface area contributed by atoms with Crippen LogP contribution in [-0.2, 0) is 4.79 Å². The fraction of sp³-hybridized carbons (Fsp3) is 0.280. The highest BCUT2D eigenvalue weighted by atomic mass is 32.1. The predicted molar refractivity (Wildman–Crippen MR) is 122 cm³/mol. The lowest BCUT2D eigenvalue weighted by atomic mass is 9.81. The molecule has 0 radical (unpaired) electrons. The molecule has 0 saturated heterocycles. The first-order valence-electron chi connectivity index (χ1n) is 10.3. The third kappa shape index (κ3) is 3.90. The molecule has 1 aliphatic rings. The van der Waals surface area contributed by atoms with Gasteiger partial charge in [-0.05, 0) is 48.1 Å². The van der Waals surface area contributed by atoms with Gasteiger partial charge in [0.25, 0.3) is 5.91 Å². The van der Waals surface area contributed by atoms with Gasteiger partial charge < -0.3 is 10.2 Å². The quantitative estimate of drug-likeness (QED) is 0.584. The summed E-state index contributed by atoms with van der Waals surface area (Å²) >= 11 is 1.59. The first-order valence-corrected chi connectivity index (χ1v) is 11.1. The summed E-state index contributed by atoms with van der Waals surface area (Å²) < 4.78 is 0. The van der Waals surface area contributed by atoms with Crippen molar-refractivity contribution < 1.29 is 9.59 Å². The van der Waals surface area contributed by atoms with E-state index in [0.717, 1.165) is 21.7 Å². The normalized spacial score (nSPS) is 18.4. The van der Waals surface area contributed by atoms with E-state index in [1.807, 2.05) is 77.9 Å². The molecule has 0 bridgehead atoms. The van der Waals surface area contributed by atoms with E-state index in [-0.39, 0.29) is 17.9 Å². The van der Waals surface area contributed by atoms with Crippen molar-refractivity contribution in [3.8, 4) is 0 Å². The second-order valence-corrected chi connectivity index (χ2v) is 9.21. The number of thiophene rings is 1. The number of rotatable bonds is 5. The van der Waals surface area contributed by atoms with Crippen LogP contribution in [0.4, 0.5) is 5.69 Å². The van der Waals surface area contributed by atoms with E-state index in [9.17, 15) is 9.59 Å². The van der Waals surface area contributed by atoms with E-state index < -0.39 is 5.92 Å². The molecule has 1 N–H and O–H groups in total. The van der Waals surface area contributed by atoms with Gasteiger partial charge in [0, 0.05) is 22.7 Å². The Morgan fingerprint density at radius 3 is 2.47 bits per heavy atom. The van der Waals surface area contributed by atoms with Crippen LogP contribution in [0.1, 0.15) is 52.2 Å². The minimum atomic E-state index is -0.474. The van der Waals surface area contributed by atoms with Gasteiger partial charge in [-0.25, -0.2) is 0 Å². The Morgan fingerprint density at radius 1 is 1.07 bits per heavy atom. The lowest BCUT2D eigenvalue weighted by Gasteiger charge is -2.42. The van der Waals surface area contributed by atoms with Gasteiger partial charge >= 0.3 is 0 Å². The Kier molecular flexibility index (Phi) is 5.73. The van der Waals surface area contributed by atoms with Crippen molar-refractivity contribution in [2.24, 2.45) is 5.92 Å². The summed E-state index contributed by atoms with van der Waals surface area (Å²) in [4.78, 5) is 30.0. The van der Waals surface area contributed by atoms with E-state index in [1.54, 1.807) is 11.3 Å². The van der Waals surface area contributed by atoms with Crippen LogP contribution in [-0.4, -0.2) is 23.3 Å². The first-order chi connectivity index (χ1) is 14.5. The number of hydrogen-bond donors (Lipinski definition) is 1. The molecule has 1 aromatic heterocycles. The van der Waals surface area contributed by atoms with Crippen LogP contribution in [0.3, 0.4) is 0 Å². The van der Waals surface area contributed by atoms with Crippen LogP contribution in [0.15, 0.2) is 66.0 Å². The Morgan fingerprint density at radius 2 is 1.80 bits per heavy atom. The zero-order chi connectivity index (χ0) is 21.3. The summed E-state index contributed by atoms with van der Waals surface area (Å²) in [6.45, 7) is 6.82. The smallest absolute Gasteiger partial charge is 0.254 e. The molecule has 1 aliphatic heterocycles.